The largest absolute Gasteiger partial charge is 0.497 e. The molecule has 3 heteroatoms. The van der Waals surface area contributed by atoms with Crippen LogP contribution >= 0.6 is 0 Å². The molecule has 0 spiro atoms. The topological polar surface area (TPSA) is 38.3 Å². The van der Waals surface area contributed by atoms with E-state index in [0.29, 0.717) is 13.0 Å². The summed E-state index contributed by atoms with van der Waals surface area (Å²) in [5.74, 6) is 0.956. The lowest BCUT2D eigenvalue weighted by Gasteiger charge is -2.30. The maximum absolute atomic E-state index is 12.7. The Morgan fingerprint density at radius 2 is 1.50 bits per heavy atom. The zero-order chi connectivity index (χ0) is 20.8. The molecule has 1 amide bonds. The van der Waals surface area contributed by atoms with Crippen molar-refractivity contribution in [3.63, 3.8) is 0 Å². The molecule has 0 heterocycles. The zero-order valence-corrected chi connectivity index (χ0v) is 17.6. The number of hydrogen-bond donors (Lipinski definition) is 1. The van der Waals surface area contributed by atoms with E-state index < -0.39 is 0 Å². The van der Waals surface area contributed by atoms with Crippen LogP contribution < -0.4 is 10.1 Å². The molecular formula is C27H29NO2. The highest BCUT2D eigenvalue weighted by Gasteiger charge is 2.35. The summed E-state index contributed by atoms with van der Waals surface area (Å²) in [6.45, 7) is 0.695. The third-order valence-corrected chi connectivity index (χ3v) is 6.31. The molecule has 0 aliphatic heterocycles. The average molecular weight is 400 g/mol. The van der Waals surface area contributed by atoms with Gasteiger partial charge in [0.15, 0.2) is 0 Å². The van der Waals surface area contributed by atoms with Gasteiger partial charge < -0.3 is 10.1 Å². The van der Waals surface area contributed by atoms with Gasteiger partial charge in [-0.15, -0.1) is 0 Å². The molecular weight excluding hydrogens is 370 g/mol. The Kier molecular flexibility index (Phi) is 6.18. The number of hydrogen-bond acceptors (Lipinski definition) is 2. The summed E-state index contributed by atoms with van der Waals surface area (Å²) in [6, 6.07) is 26.9. The number of amides is 1. The van der Waals surface area contributed by atoms with Crippen molar-refractivity contribution in [2.45, 2.75) is 37.5 Å². The second-order valence-corrected chi connectivity index (χ2v) is 8.23. The summed E-state index contributed by atoms with van der Waals surface area (Å²) in [4.78, 5) is 12.7. The van der Waals surface area contributed by atoms with Gasteiger partial charge in [0.05, 0.1) is 13.5 Å². The Hall–Kier alpha value is -3.07. The third kappa shape index (κ3) is 4.56. The Morgan fingerprint density at radius 3 is 2.13 bits per heavy atom. The molecule has 0 bridgehead atoms. The van der Waals surface area contributed by atoms with Crippen LogP contribution in [0.2, 0.25) is 0 Å². The second kappa shape index (κ2) is 9.17. The molecule has 1 aliphatic rings. The Balaban J connectivity index is 1.38. The average Bonchev–Trinajstić information content (AvgIpc) is 3.29. The molecule has 0 atom stereocenters. The van der Waals surface area contributed by atoms with E-state index in [1.165, 1.54) is 29.5 Å². The highest BCUT2D eigenvalue weighted by Crippen LogP contribution is 2.41. The maximum Gasteiger partial charge on any atom is 0.224 e. The van der Waals surface area contributed by atoms with E-state index >= 15 is 0 Å². The highest BCUT2D eigenvalue weighted by atomic mass is 16.5. The van der Waals surface area contributed by atoms with Gasteiger partial charge in [0.25, 0.3) is 0 Å². The molecule has 30 heavy (non-hydrogen) atoms. The van der Waals surface area contributed by atoms with Crippen LogP contribution in [0.1, 0.15) is 36.8 Å². The van der Waals surface area contributed by atoms with Gasteiger partial charge in [-0.05, 0) is 47.2 Å². The molecule has 1 aliphatic carbocycles. The highest BCUT2D eigenvalue weighted by molar-refractivity contribution is 5.79. The lowest BCUT2D eigenvalue weighted by Crippen LogP contribution is -2.39. The predicted octanol–water partition coefficient (Wildman–Crippen LogP) is 5.53. The summed E-state index contributed by atoms with van der Waals surface area (Å²) < 4.78 is 5.30. The van der Waals surface area contributed by atoms with Gasteiger partial charge in [-0.2, -0.15) is 0 Å². The van der Waals surface area contributed by atoms with Crippen LogP contribution in [0.4, 0.5) is 0 Å². The van der Waals surface area contributed by atoms with Crippen molar-refractivity contribution in [3.05, 3.63) is 90.0 Å². The van der Waals surface area contributed by atoms with E-state index in [1.54, 1.807) is 7.11 Å². The SMILES string of the molecule is COc1ccc(C2(CNC(=O)Cc3ccc(-c4ccccc4)cc3)CCCC2)cc1. The molecule has 4 rings (SSSR count). The second-order valence-electron chi connectivity index (χ2n) is 8.23. The van der Waals surface area contributed by atoms with Crippen LogP contribution in [0.25, 0.3) is 11.1 Å². The zero-order valence-electron chi connectivity index (χ0n) is 17.6. The van der Waals surface area contributed by atoms with Gasteiger partial charge in [0, 0.05) is 12.0 Å². The number of nitrogens with one attached hydrogen (secondary N) is 1. The van der Waals surface area contributed by atoms with Gasteiger partial charge in [-0.3, -0.25) is 4.79 Å². The van der Waals surface area contributed by atoms with Crippen LogP contribution in [0.3, 0.4) is 0 Å². The van der Waals surface area contributed by atoms with Crippen LogP contribution in [-0.2, 0) is 16.6 Å². The van der Waals surface area contributed by atoms with E-state index in [0.717, 1.165) is 24.2 Å². The fourth-order valence-electron chi connectivity index (χ4n) is 4.53. The Bertz CT molecular complexity index is 956. The minimum absolute atomic E-state index is 0.0408. The van der Waals surface area contributed by atoms with Gasteiger partial charge >= 0.3 is 0 Å². The minimum atomic E-state index is 0.0408. The molecule has 3 nitrogen and oxygen atoms in total. The van der Waals surface area contributed by atoms with Crippen LogP contribution in [0.5, 0.6) is 5.75 Å². The third-order valence-electron chi connectivity index (χ3n) is 6.31. The Morgan fingerprint density at radius 1 is 0.867 bits per heavy atom. The van der Waals surface area contributed by atoms with Gasteiger partial charge in [0.1, 0.15) is 5.75 Å². The lowest BCUT2D eigenvalue weighted by molar-refractivity contribution is -0.120. The fourth-order valence-corrected chi connectivity index (χ4v) is 4.53. The monoisotopic (exact) mass is 399 g/mol. The first-order valence-electron chi connectivity index (χ1n) is 10.7. The molecule has 0 saturated heterocycles. The van der Waals surface area contributed by atoms with Crippen molar-refractivity contribution in [1.82, 2.24) is 5.32 Å². The summed E-state index contributed by atoms with van der Waals surface area (Å²) >= 11 is 0. The van der Waals surface area contributed by atoms with Crippen LogP contribution in [0.15, 0.2) is 78.9 Å². The van der Waals surface area contributed by atoms with Crippen molar-refractivity contribution in [2.24, 2.45) is 0 Å². The normalized spacial score (nSPS) is 15.0. The van der Waals surface area contributed by atoms with E-state index in [1.807, 2.05) is 30.3 Å². The number of methoxy groups -OCH3 is 1. The molecule has 1 N–H and O–H groups in total. The first kappa shape index (κ1) is 20.2. The van der Waals surface area contributed by atoms with Crippen molar-refractivity contribution >= 4 is 5.91 Å². The molecule has 3 aromatic carbocycles. The van der Waals surface area contributed by atoms with E-state index in [-0.39, 0.29) is 11.3 Å². The van der Waals surface area contributed by atoms with Crippen LogP contribution in [0, 0.1) is 0 Å². The molecule has 0 aromatic heterocycles. The number of ether oxygens (including phenoxy) is 1. The van der Waals surface area contributed by atoms with Crippen molar-refractivity contribution in [3.8, 4) is 16.9 Å². The fraction of sp³-hybridized carbons (Fsp3) is 0.296. The van der Waals surface area contributed by atoms with Gasteiger partial charge in [0.2, 0.25) is 5.91 Å². The van der Waals surface area contributed by atoms with E-state index in [2.05, 4.69) is 53.8 Å². The van der Waals surface area contributed by atoms with E-state index in [4.69, 9.17) is 4.74 Å². The van der Waals surface area contributed by atoms with Crippen molar-refractivity contribution < 1.29 is 9.53 Å². The standard InChI is InChI=1S/C27H29NO2/c1-30-25-15-13-24(14-16-25)27(17-5-6-18-27)20-28-26(29)19-21-9-11-23(12-10-21)22-7-3-2-4-8-22/h2-4,7-16H,5-6,17-20H2,1H3,(H,28,29). The van der Waals surface area contributed by atoms with Gasteiger partial charge in [-0.1, -0.05) is 79.6 Å². The predicted molar refractivity (Wildman–Crippen MR) is 122 cm³/mol. The van der Waals surface area contributed by atoms with Crippen LogP contribution in [-0.4, -0.2) is 19.6 Å². The number of carbonyl (C=O) groups is 1. The summed E-state index contributed by atoms with van der Waals surface area (Å²) in [7, 11) is 1.69. The first-order chi connectivity index (χ1) is 14.7. The maximum atomic E-state index is 12.7. The lowest BCUT2D eigenvalue weighted by atomic mass is 9.78. The molecule has 1 fully saturated rings. The van der Waals surface area contributed by atoms with E-state index in [9.17, 15) is 4.79 Å². The smallest absolute Gasteiger partial charge is 0.224 e. The summed E-state index contributed by atoms with van der Waals surface area (Å²) in [5.41, 5.74) is 4.74. The minimum Gasteiger partial charge on any atom is -0.497 e. The van der Waals surface area contributed by atoms with Gasteiger partial charge in [-0.25, -0.2) is 0 Å². The quantitative estimate of drug-likeness (QED) is 0.567. The van der Waals surface area contributed by atoms with Crippen molar-refractivity contribution in [1.29, 1.82) is 0 Å². The number of carbonyl (C=O) groups excluding carboxylic acids is 1. The summed E-state index contributed by atoms with van der Waals surface area (Å²) in [6.07, 6.45) is 5.07. The molecule has 3 aromatic rings. The first-order valence-corrected chi connectivity index (χ1v) is 10.7. The van der Waals surface area contributed by atoms with Crippen molar-refractivity contribution in [2.75, 3.05) is 13.7 Å². The molecule has 0 radical (unpaired) electrons. The molecule has 154 valence electrons. The molecule has 0 unspecified atom stereocenters. The molecule has 1 saturated carbocycles. The number of rotatable bonds is 7. The summed E-state index contributed by atoms with van der Waals surface area (Å²) in [5, 5.41) is 3.22. The Labute approximate surface area is 179 Å². The number of benzene rings is 3.